The standard InChI is InChI=1S/C12H24N2O.ClH/c1-13-12-2-6-14(7-3-12)10-11-4-8-15-9-5-11;/h11-13H,2-10H2,1H3;1H. The summed E-state index contributed by atoms with van der Waals surface area (Å²) in [7, 11) is 2.08. The van der Waals surface area contributed by atoms with Crippen molar-refractivity contribution >= 4 is 12.4 Å². The molecule has 0 unspecified atom stereocenters. The van der Waals surface area contributed by atoms with E-state index < -0.39 is 0 Å². The average Bonchev–Trinajstić information content (AvgIpc) is 2.31. The van der Waals surface area contributed by atoms with E-state index in [1.54, 1.807) is 0 Å². The van der Waals surface area contributed by atoms with E-state index in [1.807, 2.05) is 0 Å². The second-order valence-electron chi connectivity index (χ2n) is 4.92. The molecule has 0 aromatic carbocycles. The molecule has 2 aliphatic rings. The highest BCUT2D eigenvalue weighted by Gasteiger charge is 2.21. The van der Waals surface area contributed by atoms with Crippen molar-refractivity contribution in [2.24, 2.45) is 5.92 Å². The lowest BCUT2D eigenvalue weighted by atomic mass is 9.97. The van der Waals surface area contributed by atoms with Gasteiger partial charge in [-0.1, -0.05) is 0 Å². The summed E-state index contributed by atoms with van der Waals surface area (Å²) in [4.78, 5) is 2.64. The molecule has 2 saturated heterocycles. The van der Waals surface area contributed by atoms with E-state index in [0.29, 0.717) is 0 Å². The first kappa shape index (κ1) is 14.2. The van der Waals surface area contributed by atoms with Gasteiger partial charge in [-0.05, 0) is 51.7 Å². The lowest BCUT2D eigenvalue weighted by molar-refractivity contribution is 0.0483. The Labute approximate surface area is 105 Å². The number of likely N-dealkylation sites (tertiary alicyclic amines) is 1. The molecular formula is C12H25ClN2O. The van der Waals surface area contributed by atoms with Gasteiger partial charge in [-0.15, -0.1) is 12.4 Å². The molecule has 0 aliphatic carbocycles. The van der Waals surface area contributed by atoms with Crippen molar-refractivity contribution in [1.29, 1.82) is 0 Å². The van der Waals surface area contributed by atoms with Crippen molar-refractivity contribution in [2.75, 3.05) is 39.9 Å². The summed E-state index contributed by atoms with van der Waals surface area (Å²) in [5.41, 5.74) is 0. The van der Waals surface area contributed by atoms with E-state index in [9.17, 15) is 0 Å². The summed E-state index contributed by atoms with van der Waals surface area (Å²) in [6.07, 6.45) is 5.18. The zero-order valence-electron chi connectivity index (χ0n) is 10.3. The number of hydrogen-bond acceptors (Lipinski definition) is 3. The second-order valence-corrected chi connectivity index (χ2v) is 4.92. The average molecular weight is 249 g/mol. The van der Waals surface area contributed by atoms with Gasteiger partial charge in [0.2, 0.25) is 0 Å². The van der Waals surface area contributed by atoms with Gasteiger partial charge in [-0.25, -0.2) is 0 Å². The molecule has 0 radical (unpaired) electrons. The minimum absolute atomic E-state index is 0. The molecule has 0 aromatic rings. The number of nitrogens with zero attached hydrogens (tertiary/aromatic N) is 1. The number of hydrogen-bond donors (Lipinski definition) is 1. The van der Waals surface area contributed by atoms with E-state index in [2.05, 4.69) is 17.3 Å². The summed E-state index contributed by atoms with van der Waals surface area (Å²) in [6, 6.07) is 0.760. The topological polar surface area (TPSA) is 24.5 Å². The van der Waals surface area contributed by atoms with Crippen molar-refractivity contribution in [3.63, 3.8) is 0 Å². The first-order chi connectivity index (χ1) is 7.38. The van der Waals surface area contributed by atoms with Crippen LogP contribution in [0, 0.1) is 5.92 Å². The van der Waals surface area contributed by atoms with Crippen LogP contribution < -0.4 is 5.32 Å². The highest BCUT2D eigenvalue weighted by molar-refractivity contribution is 5.85. The predicted molar refractivity (Wildman–Crippen MR) is 69.3 cm³/mol. The van der Waals surface area contributed by atoms with Crippen LogP contribution in [0.15, 0.2) is 0 Å². The molecule has 0 atom stereocenters. The molecule has 96 valence electrons. The SMILES string of the molecule is CNC1CCN(CC2CCOCC2)CC1.Cl. The van der Waals surface area contributed by atoms with Crippen LogP contribution in [0.4, 0.5) is 0 Å². The molecule has 0 amide bonds. The van der Waals surface area contributed by atoms with Crippen LogP contribution in [0.5, 0.6) is 0 Å². The van der Waals surface area contributed by atoms with E-state index >= 15 is 0 Å². The third kappa shape index (κ3) is 4.21. The Morgan fingerprint density at radius 1 is 1.12 bits per heavy atom. The zero-order chi connectivity index (χ0) is 10.5. The van der Waals surface area contributed by atoms with Crippen molar-refractivity contribution in [1.82, 2.24) is 10.2 Å². The summed E-state index contributed by atoms with van der Waals surface area (Å²) in [5.74, 6) is 0.893. The quantitative estimate of drug-likeness (QED) is 0.820. The van der Waals surface area contributed by atoms with Crippen LogP contribution in [-0.4, -0.2) is 50.8 Å². The van der Waals surface area contributed by atoms with Crippen LogP contribution >= 0.6 is 12.4 Å². The number of halogens is 1. The van der Waals surface area contributed by atoms with Gasteiger partial charge in [-0.3, -0.25) is 0 Å². The fourth-order valence-electron chi connectivity index (χ4n) is 2.70. The molecule has 16 heavy (non-hydrogen) atoms. The van der Waals surface area contributed by atoms with Crippen LogP contribution in [0.3, 0.4) is 0 Å². The Hall–Kier alpha value is 0.170. The lowest BCUT2D eigenvalue weighted by Crippen LogP contribution is -2.43. The molecule has 0 aromatic heterocycles. The van der Waals surface area contributed by atoms with Gasteiger partial charge >= 0.3 is 0 Å². The smallest absolute Gasteiger partial charge is 0.0469 e. The molecule has 2 heterocycles. The Morgan fingerprint density at radius 2 is 1.75 bits per heavy atom. The summed E-state index contributed by atoms with van der Waals surface area (Å²) >= 11 is 0. The van der Waals surface area contributed by atoms with Crippen LogP contribution in [0.1, 0.15) is 25.7 Å². The maximum absolute atomic E-state index is 5.39. The zero-order valence-corrected chi connectivity index (χ0v) is 11.1. The molecule has 3 nitrogen and oxygen atoms in total. The van der Waals surface area contributed by atoms with Crippen molar-refractivity contribution in [3.8, 4) is 0 Å². The molecule has 2 rings (SSSR count). The molecular weight excluding hydrogens is 224 g/mol. The third-order valence-electron chi connectivity index (χ3n) is 3.85. The van der Waals surface area contributed by atoms with Gasteiger partial charge in [0.25, 0.3) is 0 Å². The largest absolute Gasteiger partial charge is 0.381 e. The first-order valence-corrected chi connectivity index (χ1v) is 6.36. The lowest BCUT2D eigenvalue weighted by Gasteiger charge is -2.35. The molecule has 4 heteroatoms. The van der Waals surface area contributed by atoms with Gasteiger partial charge in [-0.2, -0.15) is 0 Å². The van der Waals surface area contributed by atoms with Crippen LogP contribution in [0.2, 0.25) is 0 Å². The highest BCUT2D eigenvalue weighted by atomic mass is 35.5. The number of piperidine rings is 1. The maximum atomic E-state index is 5.39. The molecule has 0 bridgehead atoms. The fourth-order valence-corrected chi connectivity index (χ4v) is 2.70. The molecule has 2 aliphatic heterocycles. The predicted octanol–water partition coefficient (Wildman–Crippen LogP) is 1.52. The Morgan fingerprint density at radius 3 is 2.31 bits per heavy atom. The van der Waals surface area contributed by atoms with Crippen LogP contribution in [-0.2, 0) is 4.74 Å². The van der Waals surface area contributed by atoms with Crippen molar-refractivity contribution in [2.45, 2.75) is 31.7 Å². The second kappa shape index (κ2) is 7.49. The van der Waals surface area contributed by atoms with Gasteiger partial charge in [0.05, 0.1) is 0 Å². The molecule has 1 N–H and O–H groups in total. The maximum Gasteiger partial charge on any atom is 0.0469 e. The summed E-state index contributed by atoms with van der Waals surface area (Å²) in [6.45, 7) is 5.83. The first-order valence-electron chi connectivity index (χ1n) is 6.36. The van der Waals surface area contributed by atoms with E-state index in [1.165, 1.54) is 45.3 Å². The monoisotopic (exact) mass is 248 g/mol. The van der Waals surface area contributed by atoms with E-state index in [0.717, 1.165) is 25.2 Å². The Bertz CT molecular complexity index is 178. The number of rotatable bonds is 3. The summed E-state index contributed by atoms with van der Waals surface area (Å²) in [5, 5.41) is 3.38. The van der Waals surface area contributed by atoms with E-state index in [4.69, 9.17) is 4.74 Å². The Balaban J connectivity index is 0.00000128. The Kier molecular flexibility index (Phi) is 6.66. The third-order valence-corrected chi connectivity index (χ3v) is 3.85. The fraction of sp³-hybridized carbons (Fsp3) is 1.00. The van der Waals surface area contributed by atoms with Crippen LogP contribution in [0.25, 0.3) is 0 Å². The van der Waals surface area contributed by atoms with Crippen molar-refractivity contribution in [3.05, 3.63) is 0 Å². The molecule has 2 fully saturated rings. The highest BCUT2D eigenvalue weighted by Crippen LogP contribution is 2.18. The van der Waals surface area contributed by atoms with Gasteiger partial charge in [0.1, 0.15) is 0 Å². The molecule has 0 spiro atoms. The van der Waals surface area contributed by atoms with Crippen molar-refractivity contribution < 1.29 is 4.74 Å². The molecule has 0 saturated carbocycles. The normalized spacial score (nSPS) is 25.3. The van der Waals surface area contributed by atoms with Gasteiger partial charge in [0, 0.05) is 25.8 Å². The minimum atomic E-state index is 0. The number of ether oxygens (including phenoxy) is 1. The van der Waals surface area contributed by atoms with Gasteiger partial charge < -0.3 is 15.0 Å². The summed E-state index contributed by atoms with van der Waals surface area (Å²) < 4.78 is 5.39. The van der Waals surface area contributed by atoms with E-state index in [-0.39, 0.29) is 12.4 Å². The number of nitrogens with one attached hydrogen (secondary N) is 1. The van der Waals surface area contributed by atoms with Gasteiger partial charge in [0.15, 0.2) is 0 Å². The minimum Gasteiger partial charge on any atom is -0.381 e.